The molecule has 2 saturated heterocycles. The third-order valence-corrected chi connectivity index (χ3v) is 4.76. The lowest BCUT2D eigenvalue weighted by atomic mass is 9.67. The van der Waals surface area contributed by atoms with Crippen molar-refractivity contribution in [2.24, 2.45) is 0 Å². The average molecular weight is 299 g/mol. The first-order valence-electron chi connectivity index (χ1n) is 7.64. The molecule has 0 aromatic heterocycles. The second-order valence-corrected chi connectivity index (χ2v) is 7.89. The molecule has 120 valence electrons. The average Bonchev–Trinajstić information content (AvgIpc) is 2.29. The first-order valence-corrected chi connectivity index (χ1v) is 7.64. The number of nitrogens with zero attached hydrogens (tertiary/aromatic N) is 1. The Morgan fingerprint density at radius 3 is 2.57 bits per heavy atom. The molecule has 0 aliphatic carbocycles. The van der Waals surface area contributed by atoms with Crippen LogP contribution in [-0.4, -0.2) is 46.0 Å². The molecule has 2 heterocycles. The second-order valence-electron chi connectivity index (χ2n) is 7.89. The number of rotatable bonds is 2. The number of piperidine rings is 2. The largest absolute Gasteiger partial charge is 0.459 e. The van der Waals surface area contributed by atoms with E-state index in [-0.39, 0.29) is 24.7 Å². The highest BCUT2D eigenvalue weighted by Crippen LogP contribution is 2.47. The number of alkyl halides is 1. The third-order valence-electron chi connectivity index (χ3n) is 4.76. The van der Waals surface area contributed by atoms with Crippen LogP contribution in [0.25, 0.3) is 0 Å². The topological polar surface area (TPSA) is 46.6 Å². The lowest BCUT2D eigenvalue weighted by Crippen LogP contribution is -2.71. The van der Waals surface area contributed by atoms with E-state index in [2.05, 4.69) is 0 Å². The molecule has 0 aromatic rings. The molecule has 5 heteroatoms. The van der Waals surface area contributed by atoms with Crippen molar-refractivity contribution < 1.29 is 18.7 Å². The van der Waals surface area contributed by atoms with E-state index < -0.39 is 22.9 Å². The van der Waals surface area contributed by atoms with Gasteiger partial charge < -0.3 is 4.74 Å². The maximum Gasteiger partial charge on any atom is 0.320 e. The smallest absolute Gasteiger partial charge is 0.320 e. The van der Waals surface area contributed by atoms with E-state index in [0.717, 1.165) is 12.8 Å². The molecule has 2 aliphatic heterocycles. The van der Waals surface area contributed by atoms with Gasteiger partial charge in [-0.05, 0) is 53.9 Å². The minimum atomic E-state index is -1.52. The van der Waals surface area contributed by atoms with Crippen LogP contribution in [0.4, 0.5) is 4.39 Å². The standard InChI is InChI=1S/C16H26FNO3/c1-14(2,3)21-12(20)10-18-15(4)7-6-8-16(18,5)13(17)11(19)9-15/h13H,6-10H2,1-5H3/t13-,15-,16+/m0/s1. The van der Waals surface area contributed by atoms with Crippen LogP contribution in [0.2, 0.25) is 0 Å². The quantitative estimate of drug-likeness (QED) is 0.735. The molecule has 4 nitrogen and oxygen atoms in total. The second kappa shape index (κ2) is 5.04. The summed E-state index contributed by atoms with van der Waals surface area (Å²) in [4.78, 5) is 26.0. The summed E-state index contributed by atoms with van der Waals surface area (Å²) in [5.41, 5.74) is -1.89. The molecule has 0 spiro atoms. The van der Waals surface area contributed by atoms with Crippen molar-refractivity contribution in [3.8, 4) is 0 Å². The van der Waals surface area contributed by atoms with Crippen LogP contribution in [0.3, 0.4) is 0 Å². The highest BCUT2D eigenvalue weighted by atomic mass is 19.1. The number of esters is 1. The third kappa shape index (κ3) is 2.98. The summed E-state index contributed by atoms with van der Waals surface area (Å²) in [5, 5.41) is 0. The molecule has 2 bridgehead atoms. The van der Waals surface area contributed by atoms with Crippen molar-refractivity contribution in [2.75, 3.05) is 6.54 Å². The van der Waals surface area contributed by atoms with Crippen LogP contribution >= 0.6 is 0 Å². The van der Waals surface area contributed by atoms with Crippen molar-refractivity contribution in [3.63, 3.8) is 0 Å². The van der Waals surface area contributed by atoms with E-state index >= 15 is 0 Å². The molecule has 2 aliphatic rings. The zero-order valence-electron chi connectivity index (χ0n) is 13.7. The van der Waals surface area contributed by atoms with Gasteiger partial charge in [0.2, 0.25) is 0 Å². The summed E-state index contributed by atoms with van der Waals surface area (Å²) in [6.45, 7) is 9.19. The zero-order valence-corrected chi connectivity index (χ0v) is 13.7. The molecule has 0 aromatic carbocycles. The predicted octanol–water partition coefficient (Wildman–Crippen LogP) is 2.64. The predicted molar refractivity (Wildman–Crippen MR) is 77.7 cm³/mol. The molecule has 0 N–H and O–H groups in total. The molecule has 2 rings (SSSR count). The van der Waals surface area contributed by atoms with Crippen LogP contribution in [0.5, 0.6) is 0 Å². The van der Waals surface area contributed by atoms with Gasteiger partial charge >= 0.3 is 5.97 Å². The highest BCUT2D eigenvalue weighted by molar-refractivity contribution is 5.87. The SMILES string of the molecule is CC(C)(C)OC(=O)CN1[C@@]2(C)CCC[C@]1(C)[C@@H](F)C(=O)C2. The number of hydrogen-bond donors (Lipinski definition) is 0. The van der Waals surface area contributed by atoms with Gasteiger partial charge in [0.1, 0.15) is 5.60 Å². The van der Waals surface area contributed by atoms with E-state index in [9.17, 15) is 14.0 Å². The zero-order chi connectivity index (χ0) is 16.1. The van der Waals surface area contributed by atoms with Crippen molar-refractivity contribution >= 4 is 11.8 Å². The monoisotopic (exact) mass is 299 g/mol. The minimum absolute atomic E-state index is 0.0397. The van der Waals surface area contributed by atoms with Gasteiger partial charge in [-0.25, -0.2) is 4.39 Å². The summed E-state index contributed by atoms with van der Waals surface area (Å²) in [6, 6.07) is 0. The van der Waals surface area contributed by atoms with E-state index in [1.165, 1.54) is 0 Å². The Morgan fingerprint density at radius 1 is 1.38 bits per heavy atom. The molecule has 3 atom stereocenters. The van der Waals surface area contributed by atoms with E-state index in [1.54, 1.807) is 6.92 Å². The number of ketones is 1. The van der Waals surface area contributed by atoms with Crippen LogP contribution in [-0.2, 0) is 14.3 Å². The molecule has 0 radical (unpaired) electrons. The molecule has 21 heavy (non-hydrogen) atoms. The number of halogens is 1. The Labute approximate surface area is 126 Å². The van der Waals surface area contributed by atoms with E-state index in [0.29, 0.717) is 6.42 Å². The van der Waals surface area contributed by atoms with Gasteiger partial charge in [0.05, 0.1) is 12.1 Å². The van der Waals surface area contributed by atoms with Crippen molar-refractivity contribution in [2.45, 2.75) is 83.2 Å². The minimum Gasteiger partial charge on any atom is -0.459 e. The number of ether oxygens (including phenoxy) is 1. The normalized spacial score (nSPS) is 37.4. The molecule has 2 fully saturated rings. The Morgan fingerprint density at radius 2 is 2.00 bits per heavy atom. The number of carbonyl (C=O) groups excluding carboxylic acids is 2. The molecule has 0 amide bonds. The summed E-state index contributed by atoms with van der Waals surface area (Å²) in [7, 11) is 0. The van der Waals surface area contributed by atoms with Crippen LogP contribution in [0, 0.1) is 0 Å². The first-order chi connectivity index (χ1) is 9.48. The van der Waals surface area contributed by atoms with Gasteiger partial charge in [-0.1, -0.05) is 0 Å². The van der Waals surface area contributed by atoms with Gasteiger partial charge in [-0.2, -0.15) is 0 Å². The maximum absolute atomic E-state index is 14.5. The Kier molecular flexibility index (Phi) is 3.94. The lowest BCUT2D eigenvalue weighted by molar-refractivity contribution is -0.176. The summed E-state index contributed by atoms with van der Waals surface area (Å²) < 4.78 is 19.9. The van der Waals surface area contributed by atoms with Crippen LogP contribution in [0.1, 0.15) is 60.3 Å². The Bertz CT molecular complexity index is 459. The fourth-order valence-electron chi connectivity index (χ4n) is 3.85. The van der Waals surface area contributed by atoms with Crippen LogP contribution < -0.4 is 0 Å². The van der Waals surface area contributed by atoms with E-state index in [1.807, 2.05) is 32.6 Å². The summed E-state index contributed by atoms with van der Waals surface area (Å²) in [5.74, 6) is -0.691. The Hall–Kier alpha value is -0.970. The molecular weight excluding hydrogens is 273 g/mol. The van der Waals surface area contributed by atoms with E-state index in [4.69, 9.17) is 4.74 Å². The van der Waals surface area contributed by atoms with Gasteiger partial charge in [-0.15, -0.1) is 0 Å². The first kappa shape index (κ1) is 16.4. The number of carbonyl (C=O) groups is 2. The number of hydrogen-bond acceptors (Lipinski definition) is 4. The fraction of sp³-hybridized carbons (Fsp3) is 0.875. The van der Waals surface area contributed by atoms with Gasteiger partial charge in [0, 0.05) is 12.0 Å². The highest BCUT2D eigenvalue weighted by Gasteiger charge is 2.58. The van der Waals surface area contributed by atoms with Gasteiger partial charge in [0.25, 0.3) is 0 Å². The van der Waals surface area contributed by atoms with Crippen LogP contribution in [0.15, 0.2) is 0 Å². The van der Waals surface area contributed by atoms with Crippen molar-refractivity contribution in [1.82, 2.24) is 4.90 Å². The van der Waals surface area contributed by atoms with Gasteiger partial charge in [0.15, 0.2) is 12.0 Å². The number of fused-ring (bicyclic) bond motifs is 2. The Balaban J connectivity index is 2.24. The summed E-state index contributed by atoms with van der Waals surface area (Å²) >= 11 is 0. The van der Waals surface area contributed by atoms with Gasteiger partial charge in [-0.3, -0.25) is 14.5 Å². The number of Topliss-reactive ketones (excluding diaryl/α,β-unsaturated/α-hetero) is 1. The molecule has 0 unspecified atom stereocenters. The molecule has 0 saturated carbocycles. The fourth-order valence-corrected chi connectivity index (χ4v) is 3.85. The lowest BCUT2D eigenvalue weighted by Gasteiger charge is -2.59. The maximum atomic E-state index is 14.5. The summed E-state index contributed by atoms with van der Waals surface area (Å²) in [6.07, 6.45) is 0.938. The van der Waals surface area contributed by atoms with Crippen molar-refractivity contribution in [3.05, 3.63) is 0 Å². The molecular formula is C16H26FNO3. The van der Waals surface area contributed by atoms with Crippen molar-refractivity contribution in [1.29, 1.82) is 0 Å².